The molecule has 0 saturated heterocycles. The lowest BCUT2D eigenvalue weighted by Crippen LogP contribution is -2.46. The van der Waals surface area contributed by atoms with E-state index in [1.807, 2.05) is 13.8 Å². The number of aryl methyl sites for hydroxylation is 2. The average molecular weight is 346 g/mol. The summed E-state index contributed by atoms with van der Waals surface area (Å²) in [4.78, 5) is 12.0. The quantitative estimate of drug-likeness (QED) is 0.254. The van der Waals surface area contributed by atoms with Crippen LogP contribution >= 0.6 is 24.6 Å². The minimum Gasteiger partial charge on any atom is -0.369 e. The van der Waals surface area contributed by atoms with Gasteiger partial charge in [-0.1, -0.05) is 13.8 Å². The van der Waals surface area contributed by atoms with Crippen LogP contribution in [-0.2, 0) is 12.8 Å². The predicted octanol–water partition coefficient (Wildman–Crippen LogP) is 2.35. The van der Waals surface area contributed by atoms with Gasteiger partial charge in [-0.2, -0.15) is 0 Å². The van der Waals surface area contributed by atoms with Crippen LogP contribution in [0.25, 0.3) is 0 Å². The molecule has 4 N–H and O–H groups in total. The van der Waals surface area contributed by atoms with Gasteiger partial charge >= 0.3 is 0 Å². The molecule has 122 valence electrons. The van der Waals surface area contributed by atoms with Crippen LogP contribution in [0.5, 0.6) is 0 Å². The SMILES string of the molecule is CCc1cc([N+](=O)[O-])cc(CC)c1N(C(=N)N)C(=S)NC.Cl. The largest absolute Gasteiger partial charge is 0.369 e. The molecule has 0 bridgehead atoms. The van der Waals surface area contributed by atoms with E-state index in [1.165, 1.54) is 17.0 Å². The number of guanidine groups is 1. The van der Waals surface area contributed by atoms with Crippen molar-refractivity contribution in [2.45, 2.75) is 26.7 Å². The minimum absolute atomic E-state index is 0. The zero-order valence-corrected chi connectivity index (χ0v) is 14.3. The van der Waals surface area contributed by atoms with E-state index in [0.29, 0.717) is 18.5 Å². The molecule has 0 amide bonds. The van der Waals surface area contributed by atoms with Gasteiger partial charge in [-0.05, 0) is 36.2 Å². The molecule has 0 radical (unpaired) electrons. The second-order valence-corrected chi connectivity index (χ2v) is 4.74. The molecule has 0 spiro atoms. The van der Waals surface area contributed by atoms with Crippen LogP contribution in [0.1, 0.15) is 25.0 Å². The maximum absolute atomic E-state index is 11.0. The zero-order valence-electron chi connectivity index (χ0n) is 12.7. The fraction of sp³-hybridized carbons (Fsp3) is 0.385. The molecule has 9 heteroatoms. The Bertz CT molecular complexity index is 569. The molecule has 0 aliphatic rings. The van der Waals surface area contributed by atoms with Crippen molar-refractivity contribution in [2.24, 2.45) is 5.73 Å². The fourth-order valence-electron chi connectivity index (χ4n) is 2.12. The second-order valence-electron chi connectivity index (χ2n) is 4.35. The molecular formula is C13H20ClN5O2S. The van der Waals surface area contributed by atoms with E-state index < -0.39 is 4.92 Å². The van der Waals surface area contributed by atoms with Crippen molar-refractivity contribution in [2.75, 3.05) is 11.9 Å². The maximum atomic E-state index is 11.0. The predicted molar refractivity (Wildman–Crippen MR) is 95.2 cm³/mol. The summed E-state index contributed by atoms with van der Waals surface area (Å²) in [6, 6.07) is 3.01. The molecule has 1 rings (SSSR count). The first-order valence-electron chi connectivity index (χ1n) is 6.53. The smallest absolute Gasteiger partial charge is 0.270 e. The summed E-state index contributed by atoms with van der Waals surface area (Å²) < 4.78 is 0. The highest BCUT2D eigenvalue weighted by molar-refractivity contribution is 7.80. The van der Waals surface area contributed by atoms with Crippen molar-refractivity contribution in [1.29, 1.82) is 5.41 Å². The number of hydrogen-bond acceptors (Lipinski definition) is 4. The zero-order chi connectivity index (χ0) is 16.2. The van der Waals surface area contributed by atoms with Crippen LogP contribution in [0.2, 0.25) is 0 Å². The number of anilines is 1. The first-order chi connectivity index (χ1) is 9.87. The number of nitrogens with zero attached hydrogens (tertiary/aromatic N) is 2. The summed E-state index contributed by atoms with van der Waals surface area (Å²) in [5.41, 5.74) is 7.78. The second kappa shape index (κ2) is 8.50. The van der Waals surface area contributed by atoms with E-state index in [1.54, 1.807) is 7.05 Å². The van der Waals surface area contributed by atoms with Gasteiger partial charge in [-0.15, -0.1) is 12.4 Å². The van der Waals surface area contributed by atoms with Crippen LogP contribution in [0.4, 0.5) is 11.4 Å². The van der Waals surface area contributed by atoms with Crippen molar-refractivity contribution in [3.63, 3.8) is 0 Å². The first kappa shape index (κ1) is 20.1. The summed E-state index contributed by atoms with van der Waals surface area (Å²) in [7, 11) is 1.64. The lowest BCUT2D eigenvalue weighted by atomic mass is 10.0. The number of thiocarbonyl (C=S) groups is 1. The number of rotatable bonds is 4. The molecule has 22 heavy (non-hydrogen) atoms. The molecule has 0 saturated carbocycles. The summed E-state index contributed by atoms with van der Waals surface area (Å²) >= 11 is 5.19. The van der Waals surface area contributed by atoms with Gasteiger partial charge in [0, 0.05) is 19.2 Å². The van der Waals surface area contributed by atoms with E-state index in [2.05, 4.69) is 5.32 Å². The number of benzene rings is 1. The van der Waals surface area contributed by atoms with Crippen LogP contribution in [0.3, 0.4) is 0 Å². The van der Waals surface area contributed by atoms with Gasteiger partial charge in [-0.3, -0.25) is 20.4 Å². The van der Waals surface area contributed by atoms with Crippen LogP contribution in [0, 0.1) is 15.5 Å². The third-order valence-electron chi connectivity index (χ3n) is 3.11. The lowest BCUT2D eigenvalue weighted by molar-refractivity contribution is -0.385. The number of hydrogen-bond donors (Lipinski definition) is 3. The summed E-state index contributed by atoms with van der Waals surface area (Å²) in [6.07, 6.45) is 1.14. The third-order valence-corrected chi connectivity index (χ3v) is 3.49. The van der Waals surface area contributed by atoms with Crippen molar-refractivity contribution < 1.29 is 4.92 Å². The molecular weight excluding hydrogens is 326 g/mol. The third kappa shape index (κ3) is 4.05. The molecule has 0 aromatic heterocycles. The van der Waals surface area contributed by atoms with Crippen LogP contribution in [0.15, 0.2) is 12.1 Å². The Morgan fingerprint density at radius 1 is 1.41 bits per heavy atom. The number of non-ortho nitro benzene ring substituents is 1. The molecule has 0 heterocycles. The molecule has 0 atom stereocenters. The highest BCUT2D eigenvalue weighted by Crippen LogP contribution is 2.31. The van der Waals surface area contributed by atoms with E-state index in [-0.39, 0.29) is 29.2 Å². The topological polar surface area (TPSA) is 108 Å². The highest BCUT2D eigenvalue weighted by atomic mass is 35.5. The van der Waals surface area contributed by atoms with Crippen molar-refractivity contribution >= 4 is 47.1 Å². The van der Waals surface area contributed by atoms with Crippen LogP contribution in [-0.4, -0.2) is 23.0 Å². The molecule has 0 unspecified atom stereocenters. The van der Waals surface area contributed by atoms with Crippen molar-refractivity contribution in [3.05, 3.63) is 33.4 Å². The fourth-order valence-corrected chi connectivity index (χ4v) is 2.31. The van der Waals surface area contributed by atoms with Crippen molar-refractivity contribution in [3.8, 4) is 0 Å². The Kier molecular flexibility index (Phi) is 7.75. The van der Waals surface area contributed by atoms with Gasteiger partial charge in [-0.25, -0.2) is 0 Å². The molecule has 7 nitrogen and oxygen atoms in total. The Labute approximate surface area is 140 Å². The van der Waals surface area contributed by atoms with Gasteiger partial charge in [0.15, 0.2) is 11.1 Å². The van der Waals surface area contributed by atoms with Gasteiger partial charge in [0.25, 0.3) is 5.69 Å². The highest BCUT2D eigenvalue weighted by Gasteiger charge is 2.23. The first-order valence-corrected chi connectivity index (χ1v) is 6.94. The van der Waals surface area contributed by atoms with Gasteiger partial charge in [0.2, 0.25) is 0 Å². The maximum Gasteiger partial charge on any atom is 0.270 e. The Morgan fingerprint density at radius 3 is 2.14 bits per heavy atom. The Hall–Kier alpha value is -1.93. The van der Waals surface area contributed by atoms with E-state index in [0.717, 1.165) is 11.1 Å². The monoisotopic (exact) mass is 345 g/mol. The van der Waals surface area contributed by atoms with E-state index in [9.17, 15) is 10.1 Å². The lowest BCUT2D eigenvalue weighted by Gasteiger charge is -2.27. The number of halogens is 1. The standard InChI is InChI=1S/C13H19N5O2S.ClH/c1-4-8-6-10(18(19)20)7-9(5-2)11(8)17(12(14)15)13(21)16-3;/h6-7H,4-5H2,1-3H3,(H3,14,15)(H,16,21);1H. The molecule has 0 fully saturated rings. The number of nitrogens with two attached hydrogens (primary N) is 1. The normalized spacial score (nSPS) is 9.59. The van der Waals surface area contributed by atoms with E-state index in [4.69, 9.17) is 23.4 Å². The molecule has 0 aliphatic heterocycles. The van der Waals surface area contributed by atoms with E-state index >= 15 is 0 Å². The molecule has 1 aromatic rings. The Morgan fingerprint density at radius 2 is 1.86 bits per heavy atom. The van der Waals surface area contributed by atoms with Crippen molar-refractivity contribution in [1.82, 2.24) is 5.32 Å². The average Bonchev–Trinajstić information content (AvgIpc) is 2.46. The Balaban J connectivity index is 0.00000441. The summed E-state index contributed by atoms with van der Waals surface area (Å²) in [5.74, 6) is -0.229. The van der Waals surface area contributed by atoms with Crippen LogP contribution < -0.4 is 16.0 Å². The number of nitro groups is 1. The van der Waals surface area contributed by atoms with Gasteiger partial charge in [0.1, 0.15) is 0 Å². The van der Waals surface area contributed by atoms with Gasteiger partial charge < -0.3 is 11.1 Å². The summed E-state index contributed by atoms with van der Waals surface area (Å²) in [6.45, 7) is 3.78. The van der Waals surface area contributed by atoms with Gasteiger partial charge in [0.05, 0.1) is 10.6 Å². The number of nitrogens with one attached hydrogen (secondary N) is 2. The molecule has 1 aromatic carbocycles. The molecule has 0 aliphatic carbocycles. The summed E-state index contributed by atoms with van der Waals surface area (Å²) in [5, 5.41) is 21.8. The minimum atomic E-state index is -0.420. The number of nitro benzene ring substituents is 1.